The van der Waals surface area contributed by atoms with Gasteiger partial charge in [0.25, 0.3) is 5.91 Å². The third-order valence-electron chi connectivity index (χ3n) is 5.01. The molecule has 1 fully saturated rings. The molecule has 1 N–H and O–H groups in total. The first-order valence-corrected chi connectivity index (χ1v) is 11.3. The van der Waals surface area contributed by atoms with E-state index in [1.165, 1.54) is 31.0 Å². The van der Waals surface area contributed by atoms with E-state index in [0.29, 0.717) is 23.7 Å². The lowest BCUT2D eigenvalue weighted by molar-refractivity contribution is 0.0952. The van der Waals surface area contributed by atoms with Gasteiger partial charge in [0.05, 0.1) is 18.1 Å². The van der Waals surface area contributed by atoms with E-state index in [1.807, 2.05) is 17.1 Å². The first-order valence-electron chi connectivity index (χ1n) is 9.72. The van der Waals surface area contributed by atoms with Crippen molar-refractivity contribution in [1.82, 2.24) is 25.1 Å². The second kappa shape index (κ2) is 9.00. The Bertz CT molecular complexity index is 1000. The average molecular weight is 431 g/mol. The Morgan fingerprint density at radius 3 is 2.66 bits per heavy atom. The van der Waals surface area contributed by atoms with Gasteiger partial charge in [0.15, 0.2) is 10.8 Å². The molecule has 0 saturated carbocycles. The van der Waals surface area contributed by atoms with Crippen molar-refractivity contribution in [3.05, 3.63) is 41.0 Å². The first kappa shape index (κ1) is 20.0. The standard InChI is InChI=1S/C20H23ClN6OS/c1-29-20-24-17(26-10-3-2-4-11-26)16-13-23-27(18(16)25-20)12-9-22-19(28)14-5-7-15(21)8-6-14/h5-8,13H,2-4,9-12H2,1H3,(H,22,28). The van der Waals surface area contributed by atoms with Crippen LogP contribution in [0.25, 0.3) is 11.0 Å². The molecule has 0 radical (unpaired) electrons. The number of benzene rings is 1. The monoisotopic (exact) mass is 430 g/mol. The number of carbonyl (C=O) groups excluding carboxylic acids is 1. The molecule has 9 heteroatoms. The Balaban J connectivity index is 1.50. The van der Waals surface area contributed by atoms with E-state index in [-0.39, 0.29) is 5.91 Å². The number of hydrogen-bond donors (Lipinski definition) is 1. The minimum absolute atomic E-state index is 0.133. The number of piperidine rings is 1. The Kier molecular flexibility index (Phi) is 6.20. The average Bonchev–Trinajstić information content (AvgIpc) is 3.17. The summed E-state index contributed by atoms with van der Waals surface area (Å²) in [4.78, 5) is 24.1. The lowest BCUT2D eigenvalue weighted by atomic mass is 10.1. The second-order valence-corrected chi connectivity index (χ2v) is 8.16. The van der Waals surface area contributed by atoms with E-state index in [0.717, 1.165) is 35.1 Å². The number of carbonyl (C=O) groups is 1. The number of fused-ring (bicyclic) bond motifs is 1. The van der Waals surface area contributed by atoms with Crippen molar-refractivity contribution >= 4 is 46.1 Å². The highest BCUT2D eigenvalue weighted by atomic mass is 35.5. The molecule has 4 rings (SSSR count). The zero-order valence-electron chi connectivity index (χ0n) is 16.3. The molecule has 152 valence electrons. The molecule has 3 heterocycles. The van der Waals surface area contributed by atoms with E-state index in [4.69, 9.17) is 16.6 Å². The quantitative estimate of drug-likeness (QED) is 0.475. The van der Waals surface area contributed by atoms with Crippen LogP contribution < -0.4 is 10.2 Å². The Morgan fingerprint density at radius 2 is 1.93 bits per heavy atom. The molecule has 0 atom stereocenters. The van der Waals surface area contributed by atoms with E-state index in [1.54, 1.807) is 24.3 Å². The third-order valence-corrected chi connectivity index (χ3v) is 5.81. The van der Waals surface area contributed by atoms with Crippen molar-refractivity contribution < 1.29 is 4.79 Å². The molecule has 29 heavy (non-hydrogen) atoms. The number of rotatable bonds is 6. The Labute approximate surface area is 178 Å². The Morgan fingerprint density at radius 1 is 1.17 bits per heavy atom. The number of thioether (sulfide) groups is 1. The predicted molar refractivity (Wildman–Crippen MR) is 117 cm³/mol. The van der Waals surface area contributed by atoms with Gasteiger partial charge in [-0.15, -0.1) is 0 Å². The maximum absolute atomic E-state index is 12.3. The molecular formula is C20H23ClN6OS. The Hall–Kier alpha value is -2.32. The highest BCUT2D eigenvalue weighted by Gasteiger charge is 2.19. The highest BCUT2D eigenvalue weighted by molar-refractivity contribution is 7.98. The molecule has 7 nitrogen and oxygen atoms in total. The number of halogens is 1. The number of hydrogen-bond acceptors (Lipinski definition) is 6. The summed E-state index contributed by atoms with van der Waals surface area (Å²) in [6.45, 7) is 3.02. The van der Waals surface area contributed by atoms with Gasteiger partial charge in [-0.2, -0.15) is 5.10 Å². The molecular weight excluding hydrogens is 408 g/mol. The van der Waals surface area contributed by atoms with Crippen LogP contribution >= 0.6 is 23.4 Å². The van der Waals surface area contributed by atoms with Crippen LogP contribution in [0.4, 0.5) is 5.82 Å². The van der Waals surface area contributed by atoms with Crippen LogP contribution in [0.5, 0.6) is 0 Å². The summed E-state index contributed by atoms with van der Waals surface area (Å²) >= 11 is 7.41. The van der Waals surface area contributed by atoms with Gasteiger partial charge in [-0.25, -0.2) is 14.6 Å². The minimum atomic E-state index is -0.133. The fourth-order valence-electron chi connectivity index (χ4n) is 3.50. The van der Waals surface area contributed by atoms with Crippen molar-refractivity contribution in [3.8, 4) is 0 Å². The molecule has 1 saturated heterocycles. The van der Waals surface area contributed by atoms with Crippen LogP contribution in [0.15, 0.2) is 35.6 Å². The SMILES string of the molecule is CSc1nc(N2CCCCC2)c2cnn(CCNC(=O)c3ccc(Cl)cc3)c2n1. The van der Waals surface area contributed by atoms with Crippen LogP contribution in [0.2, 0.25) is 5.02 Å². The molecule has 1 aliphatic heterocycles. The lowest BCUT2D eigenvalue weighted by Gasteiger charge is -2.28. The molecule has 1 amide bonds. The summed E-state index contributed by atoms with van der Waals surface area (Å²) in [5.74, 6) is 0.835. The van der Waals surface area contributed by atoms with E-state index in [2.05, 4.69) is 20.3 Å². The van der Waals surface area contributed by atoms with Gasteiger partial charge in [-0.1, -0.05) is 23.4 Å². The fourth-order valence-corrected chi connectivity index (χ4v) is 3.98. The van der Waals surface area contributed by atoms with Crippen LogP contribution in [-0.2, 0) is 6.54 Å². The molecule has 1 aliphatic rings. The number of aromatic nitrogens is 4. The molecule has 1 aromatic carbocycles. The predicted octanol–water partition coefficient (Wildman–Crippen LogP) is 3.62. The maximum atomic E-state index is 12.3. The number of nitrogens with one attached hydrogen (secondary N) is 1. The number of anilines is 1. The summed E-state index contributed by atoms with van der Waals surface area (Å²) in [6.07, 6.45) is 7.46. The number of amides is 1. The van der Waals surface area contributed by atoms with E-state index in [9.17, 15) is 4.79 Å². The summed E-state index contributed by atoms with van der Waals surface area (Å²) in [5, 5.41) is 9.76. The number of nitrogens with zero attached hydrogens (tertiary/aromatic N) is 5. The van der Waals surface area contributed by atoms with Gasteiger partial charge in [-0.3, -0.25) is 4.79 Å². The molecule has 2 aromatic heterocycles. The summed E-state index contributed by atoms with van der Waals surface area (Å²) in [7, 11) is 0. The van der Waals surface area contributed by atoms with Gasteiger partial charge in [-0.05, 0) is 49.8 Å². The second-order valence-electron chi connectivity index (χ2n) is 6.95. The van der Waals surface area contributed by atoms with Crippen LogP contribution in [0, 0.1) is 0 Å². The van der Waals surface area contributed by atoms with Crippen LogP contribution in [-0.4, -0.2) is 51.5 Å². The summed E-state index contributed by atoms with van der Waals surface area (Å²) < 4.78 is 1.84. The minimum Gasteiger partial charge on any atom is -0.356 e. The van der Waals surface area contributed by atoms with Crippen molar-refractivity contribution in [2.75, 3.05) is 30.8 Å². The highest BCUT2D eigenvalue weighted by Crippen LogP contribution is 2.28. The van der Waals surface area contributed by atoms with Gasteiger partial charge < -0.3 is 10.2 Å². The van der Waals surface area contributed by atoms with Crippen LogP contribution in [0.1, 0.15) is 29.6 Å². The molecule has 0 spiro atoms. The van der Waals surface area contributed by atoms with Crippen molar-refractivity contribution in [2.45, 2.75) is 31.0 Å². The van der Waals surface area contributed by atoms with Gasteiger partial charge in [0, 0.05) is 30.2 Å². The van der Waals surface area contributed by atoms with E-state index < -0.39 is 0 Å². The van der Waals surface area contributed by atoms with Crippen molar-refractivity contribution in [3.63, 3.8) is 0 Å². The van der Waals surface area contributed by atoms with Gasteiger partial charge in [0.2, 0.25) is 0 Å². The lowest BCUT2D eigenvalue weighted by Crippen LogP contribution is -2.30. The summed E-state index contributed by atoms with van der Waals surface area (Å²) in [5.41, 5.74) is 1.39. The summed E-state index contributed by atoms with van der Waals surface area (Å²) in [6, 6.07) is 6.84. The maximum Gasteiger partial charge on any atom is 0.251 e. The largest absolute Gasteiger partial charge is 0.356 e. The topological polar surface area (TPSA) is 75.9 Å². The third kappa shape index (κ3) is 4.48. The van der Waals surface area contributed by atoms with Gasteiger partial charge >= 0.3 is 0 Å². The first-order chi connectivity index (χ1) is 14.2. The molecule has 3 aromatic rings. The fraction of sp³-hybridized carbons (Fsp3) is 0.400. The zero-order valence-corrected chi connectivity index (χ0v) is 17.8. The smallest absolute Gasteiger partial charge is 0.251 e. The zero-order chi connectivity index (χ0) is 20.2. The van der Waals surface area contributed by atoms with Crippen LogP contribution in [0.3, 0.4) is 0 Å². The van der Waals surface area contributed by atoms with Crippen molar-refractivity contribution in [1.29, 1.82) is 0 Å². The normalized spacial score (nSPS) is 14.3. The van der Waals surface area contributed by atoms with Crippen molar-refractivity contribution in [2.24, 2.45) is 0 Å². The molecule has 0 bridgehead atoms. The van der Waals surface area contributed by atoms with Gasteiger partial charge in [0.1, 0.15) is 5.82 Å². The molecule has 0 unspecified atom stereocenters. The molecule has 0 aliphatic carbocycles. The van der Waals surface area contributed by atoms with E-state index >= 15 is 0 Å².